The van der Waals surface area contributed by atoms with Crippen LogP contribution in [0.15, 0.2) is 17.2 Å². The fraction of sp³-hybridized carbons (Fsp3) is 0.467. The summed E-state index contributed by atoms with van der Waals surface area (Å²) in [4.78, 5) is 26.1. The van der Waals surface area contributed by atoms with Crippen LogP contribution in [0.25, 0.3) is 10.4 Å². The number of nitrogens with one attached hydrogen (secondary N) is 1. The summed E-state index contributed by atoms with van der Waals surface area (Å²) in [7, 11) is 1.28. The molecule has 0 aliphatic rings. The van der Waals surface area contributed by atoms with Gasteiger partial charge < -0.3 is 9.47 Å². The molecule has 1 N–H and O–H groups in total. The number of azide groups is 1. The van der Waals surface area contributed by atoms with Crippen LogP contribution >= 0.6 is 0 Å². The Balaban J connectivity index is 3.16. The number of amides is 1. The van der Waals surface area contributed by atoms with Crippen LogP contribution < -0.4 is 5.32 Å². The van der Waals surface area contributed by atoms with Crippen LogP contribution in [0, 0.1) is 6.92 Å². The summed E-state index contributed by atoms with van der Waals surface area (Å²) in [5.74, 6) is -0.441. The van der Waals surface area contributed by atoms with Gasteiger partial charge in [-0.1, -0.05) is 5.11 Å². The molecule has 8 nitrogen and oxygen atoms in total. The second-order valence-electron chi connectivity index (χ2n) is 5.86. The largest absolute Gasteiger partial charge is 0.469 e. The van der Waals surface area contributed by atoms with Crippen molar-refractivity contribution in [3.63, 3.8) is 0 Å². The van der Waals surface area contributed by atoms with Gasteiger partial charge in [0.05, 0.1) is 13.5 Å². The first-order chi connectivity index (χ1) is 10.7. The van der Waals surface area contributed by atoms with Crippen LogP contribution in [0.5, 0.6) is 0 Å². The summed E-state index contributed by atoms with van der Waals surface area (Å²) >= 11 is 0. The van der Waals surface area contributed by atoms with E-state index >= 15 is 0 Å². The monoisotopic (exact) mass is 320 g/mol. The Labute approximate surface area is 134 Å². The molecule has 1 aromatic carbocycles. The molecule has 1 aromatic rings. The third-order valence-corrected chi connectivity index (χ3v) is 2.80. The number of esters is 1. The maximum absolute atomic E-state index is 11.9. The van der Waals surface area contributed by atoms with Gasteiger partial charge in [-0.3, -0.25) is 10.1 Å². The van der Waals surface area contributed by atoms with E-state index in [1.165, 1.54) is 7.11 Å². The molecule has 1 rings (SSSR count). The molecule has 0 atom stereocenters. The minimum absolute atomic E-state index is 0.00622. The van der Waals surface area contributed by atoms with Gasteiger partial charge in [-0.2, -0.15) is 0 Å². The second kappa shape index (κ2) is 7.51. The molecule has 0 spiro atoms. The van der Waals surface area contributed by atoms with Gasteiger partial charge in [0.2, 0.25) is 0 Å². The van der Waals surface area contributed by atoms with Crippen LogP contribution in [0.1, 0.15) is 31.9 Å². The van der Waals surface area contributed by atoms with Gasteiger partial charge in [0.1, 0.15) is 5.60 Å². The van der Waals surface area contributed by atoms with Crippen LogP contribution in [0.4, 0.5) is 16.2 Å². The number of ether oxygens (including phenoxy) is 2. The highest BCUT2D eigenvalue weighted by atomic mass is 16.6. The first-order valence-electron chi connectivity index (χ1n) is 6.91. The molecule has 0 unspecified atom stereocenters. The standard InChI is InChI=1S/C15H20N4O4/c1-9-11(17-14(21)23-15(2,3)4)6-10(8-13(20)22-5)7-12(9)18-19-16/h6-7H,8H2,1-5H3,(H,17,21). The lowest BCUT2D eigenvalue weighted by molar-refractivity contribution is -0.139. The number of carbonyl (C=O) groups excluding carboxylic acids is 2. The Morgan fingerprint density at radius 1 is 1.35 bits per heavy atom. The molecular formula is C15H20N4O4. The van der Waals surface area contributed by atoms with E-state index in [4.69, 9.17) is 10.3 Å². The number of nitrogens with zero attached hydrogens (tertiary/aromatic N) is 3. The van der Waals surface area contributed by atoms with Gasteiger partial charge in [-0.15, -0.1) is 0 Å². The Bertz CT molecular complexity index is 658. The minimum atomic E-state index is -0.644. The molecule has 0 aromatic heterocycles. The van der Waals surface area contributed by atoms with Gasteiger partial charge in [0.25, 0.3) is 0 Å². The summed E-state index contributed by atoms with van der Waals surface area (Å²) in [5, 5.41) is 6.18. The lowest BCUT2D eigenvalue weighted by atomic mass is 10.1. The highest BCUT2D eigenvalue weighted by Gasteiger charge is 2.18. The van der Waals surface area contributed by atoms with Crippen molar-refractivity contribution in [3.8, 4) is 0 Å². The summed E-state index contributed by atoms with van der Waals surface area (Å²) in [6.07, 6.45) is -0.643. The molecular weight excluding hydrogens is 300 g/mol. The first-order valence-corrected chi connectivity index (χ1v) is 6.91. The van der Waals surface area contributed by atoms with E-state index in [-0.39, 0.29) is 6.42 Å². The van der Waals surface area contributed by atoms with E-state index in [1.54, 1.807) is 39.8 Å². The van der Waals surface area contributed by atoms with Gasteiger partial charge in [-0.05, 0) is 56.5 Å². The van der Waals surface area contributed by atoms with Crippen molar-refractivity contribution in [2.24, 2.45) is 5.11 Å². The number of rotatable bonds is 4. The van der Waals surface area contributed by atoms with Crippen LogP contribution in [0.3, 0.4) is 0 Å². The van der Waals surface area contributed by atoms with Gasteiger partial charge >= 0.3 is 12.1 Å². The lowest BCUT2D eigenvalue weighted by Gasteiger charge is -2.20. The third kappa shape index (κ3) is 5.88. The van der Waals surface area contributed by atoms with Gasteiger partial charge in [0, 0.05) is 16.3 Å². The SMILES string of the molecule is COC(=O)Cc1cc(N=[N+]=[N-])c(C)c(NC(=O)OC(C)(C)C)c1. The zero-order valence-electron chi connectivity index (χ0n) is 13.8. The molecule has 0 radical (unpaired) electrons. The van der Waals surface area contributed by atoms with E-state index in [0.29, 0.717) is 22.5 Å². The fourth-order valence-corrected chi connectivity index (χ4v) is 1.79. The van der Waals surface area contributed by atoms with Gasteiger partial charge in [-0.25, -0.2) is 4.79 Å². The number of hydrogen-bond acceptors (Lipinski definition) is 5. The third-order valence-electron chi connectivity index (χ3n) is 2.80. The molecule has 0 bridgehead atoms. The fourth-order valence-electron chi connectivity index (χ4n) is 1.79. The Morgan fingerprint density at radius 2 is 2.00 bits per heavy atom. The quantitative estimate of drug-likeness (QED) is 0.391. The van der Waals surface area contributed by atoms with Crippen LogP contribution in [0.2, 0.25) is 0 Å². The zero-order valence-corrected chi connectivity index (χ0v) is 13.8. The average molecular weight is 320 g/mol. The maximum atomic E-state index is 11.9. The van der Waals surface area contributed by atoms with Crippen molar-refractivity contribution in [2.45, 2.75) is 39.7 Å². The molecule has 0 aliphatic carbocycles. The summed E-state index contributed by atoms with van der Waals surface area (Å²) in [6, 6.07) is 3.19. The van der Waals surface area contributed by atoms with Crippen molar-refractivity contribution >= 4 is 23.4 Å². The normalized spacial score (nSPS) is 10.5. The van der Waals surface area contributed by atoms with Crippen molar-refractivity contribution in [3.05, 3.63) is 33.7 Å². The predicted octanol–water partition coefficient (Wildman–Crippen LogP) is 4.00. The number of hydrogen-bond donors (Lipinski definition) is 1. The number of carbonyl (C=O) groups is 2. The molecule has 8 heteroatoms. The van der Waals surface area contributed by atoms with Crippen molar-refractivity contribution < 1.29 is 19.1 Å². The molecule has 0 saturated heterocycles. The van der Waals surface area contributed by atoms with E-state index in [1.807, 2.05) is 0 Å². The topological polar surface area (TPSA) is 113 Å². The molecule has 124 valence electrons. The molecule has 1 amide bonds. The summed E-state index contributed by atoms with van der Waals surface area (Å²) in [6.45, 7) is 6.94. The second-order valence-corrected chi connectivity index (χ2v) is 5.86. The number of anilines is 1. The average Bonchev–Trinajstić information content (AvgIpc) is 2.41. The van der Waals surface area contributed by atoms with Crippen molar-refractivity contribution in [1.29, 1.82) is 0 Å². The zero-order chi connectivity index (χ0) is 17.6. The molecule has 0 saturated carbocycles. The molecule has 0 fully saturated rings. The number of benzene rings is 1. The molecule has 23 heavy (non-hydrogen) atoms. The first kappa shape index (κ1) is 18.3. The van der Waals surface area contributed by atoms with Crippen molar-refractivity contribution in [1.82, 2.24) is 0 Å². The molecule has 0 aliphatic heterocycles. The van der Waals surface area contributed by atoms with E-state index in [0.717, 1.165) is 0 Å². The smallest absolute Gasteiger partial charge is 0.412 e. The highest BCUT2D eigenvalue weighted by Crippen LogP contribution is 2.29. The van der Waals surface area contributed by atoms with Crippen molar-refractivity contribution in [2.75, 3.05) is 12.4 Å². The summed E-state index contributed by atoms with van der Waals surface area (Å²) < 4.78 is 9.81. The Kier molecular flexibility index (Phi) is 5.98. The lowest BCUT2D eigenvalue weighted by Crippen LogP contribution is -2.27. The number of methoxy groups -OCH3 is 1. The predicted molar refractivity (Wildman–Crippen MR) is 85.6 cm³/mol. The maximum Gasteiger partial charge on any atom is 0.412 e. The van der Waals surface area contributed by atoms with Gasteiger partial charge in [0.15, 0.2) is 0 Å². The Morgan fingerprint density at radius 3 is 2.52 bits per heavy atom. The van der Waals surface area contributed by atoms with E-state index in [2.05, 4.69) is 20.1 Å². The summed E-state index contributed by atoms with van der Waals surface area (Å²) in [5.41, 5.74) is 9.85. The van der Waals surface area contributed by atoms with E-state index < -0.39 is 17.7 Å². The Hall–Kier alpha value is -2.73. The molecule has 0 heterocycles. The van der Waals surface area contributed by atoms with Crippen LogP contribution in [-0.4, -0.2) is 24.8 Å². The highest BCUT2D eigenvalue weighted by molar-refractivity contribution is 5.88. The van der Waals surface area contributed by atoms with E-state index in [9.17, 15) is 9.59 Å². The minimum Gasteiger partial charge on any atom is -0.469 e. The van der Waals surface area contributed by atoms with Crippen LogP contribution in [-0.2, 0) is 20.7 Å².